The van der Waals surface area contributed by atoms with Crippen molar-refractivity contribution in [2.24, 2.45) is 5.73 Å². The van der Waals surface area contributed by atoms with E-state index in [-0.39, 0.29) is 6.42 Å². The van der Waals surface area contributed by atoms with Gasteiger partial charge in [0.05, 0.1) is 6.54 Å². The lowest BCUT2D eigenvalue weighted by Gasteiger charge is -2.12. The minimum absolute atomic E-state index is 0.278. The number of hydrogen-bond acceptors (Lipinski definition) is 1. The van der Waals surface area contributed by atoms with E-state index in [4.69, 9.17) is 5.73 Å². The molecule has 13 heavy (non-hydrogen) atoms. The van der Waals surface area contributed by atoms with Crippen molar-refractivity contribution in [3.8, 4) is 0 Å². The van der Waals surface area contributed by atoms with Crippen molar-refractivity contribution in [2.45, 2.75) is 26.2 Å². The van der Waals surface area contributed by atoms with Crippen LogP contribution in [0, 0.1) is 13.8 Å². The maximum Gasteiger partial charge on any atom is 0.264 e. The molecule has 0 amide bonds. The van der Waals surface area contributed by atoms with Crippen LogP contribution in [0.1, 0.15) is 17.0 Å². The van der Waals surface area contributed by atoms with Gasteiger partial charge >= 0.3 is 0 Å². The molecule has 4 heteroatoms. The molecule has 0 bridgehead atoms. The van der Waals surface area contributed by atoms with Crippen LogP contribution in [-0.2, 0) is 6.42 Å². The fourth-order valence-corrected chi connectivity index (χ4v) is 1.32. The van der Waals surface area contributed by atoms with Gasteiger partial charge in [0.15, 0.2) is 0 Å². The largest absolute Gasteiger partial charge is 0.362 e. The third kappa shape index (κ3) is 2.52. The molecular formula is C9H14F2N2. The van der Waals surface area contributed by atoms with E-state index >= 15 is 0 Å². The average Bonchev–Trinajstić information content (AvgIpc) is 2.30. The van der Waals surface area contributed by atoms with Crippen LogP contribution in [0.3, 0.4) is 0 Å². The summed E-state index contributed by atoms with van der Waals surface area (Å²) in [5, 5.41) is 0. The van der Waals surface area contributed by atoms with Gasteiger partial charge in [0.2, 0.25) is 0 Å². The van der Waals surface area contributed by atoms with E-state index < -0.39 is 12.5 Å². The maximum atomic E-state index is 12.9. The van der Waals surface area contributed by atoms with Gasteiger partial charge in [0.1, 0.15) is 0 Å². The Hall–Kier alpha value is -0.900. The Balaban J connectivity index is 2.79. The van der Waals surface area contributed by atoms with Crippen LogP contribution < -0.4 is 5.73 Å². The summed E-state index contributed by atoms with van der Waals surface area (Å²) in [5.74, 6) is -2.79. The Bertz CT molecular complexity index is 292. The maximum absolute atomic E-state index is 12.9. The molecule has 0 aliphatic heterocycles. The first-order chi connectivity index (χ1) is 5.94. The Morgan fingerprint density at radius 3 is 2.46 bits per heavy atom. The first-order valence-electron chi connectivity index (χ1n) is 4.17. The zero-order valence-electron chi connectivity index (χ0n) is 7.82. The topological polar surface area (TPSA) is 41.8 Å². The quantitative estimate of drug-likeness (QED) is 0.745. The summed E-state index contributed by atoms with van der Waals surface area (Å²) >= 11 is 0. The van der Waals surface area contributed by atoms with Gasteiger partial charge in [-0.3, -0.25) is 0 Å². The summed E-state index contributed by atoms with van der Waals surface area (Å²) in [6.07, 6.45) is -0.278. The van der Waals surface area contributed by atoms with Crippen molar-refractivity contribution in [3.05, 3.63) is 23.0 Å². The van der Waals surface area contributed by atoms with Crippen LogP contribution in [0.5, 0.6) is 0 Å². The van der Waals surface area contributed by atoms with Crippen molar-refractivity contribution >= 4 is 0 Å². The highest BCUT2D eigenvalue weighted by atomic mass is 19.3. The minimum atomic E-state index is -2.79. The SMILES string of the molecule is Cc1cc(CC(F)(F)CN)c(C)[nH]1. The van der Waals surface area contributed by atoms with E-state index in [0.29, 0.717) is 5.56 Å². The standard InChI is InChI=1S/C9H14F2N2/c1-6-3-8(7(2)13-6)4-9(10,11)5-12/h3,13H,4-5,12H2,1-2H3. The minimum Gasteiger partial charge on any atom is -0.362 e. The van der Waals surface area contributed by atoms with Gasteiger partial charge in [-0.2, -0.15) is 0 Å². The molecule has 0 aromatic carbocycles. The third-order valence-electron chi connectivity index (χ3n) is 2.00. The number of nitrogens with two attached hydrogens (primary N) is 1. The van der Waals surface area contributed by atoms with Crippen LogP contribution in [0.4, 0.5) is 8.78 Å². The zero-order chi connectivity index (χ0) is 10.1. The highest BCUT2D eigenvalue weighted by Gasteiger charge is 2.28. The number of aromatic nitrogens is 1. The molecule has 0 fully saturated rings. The second-order valence-corrected chi connectivity index (χ2v) is 3.34. The van der Waals surface area contributed by atoms with Crippen molar-refractivity contribution in [1.82, 2.24) is 4.98 Å². The number of halogens is 2. The number of H-pyrrole nitrogens is 1. The molecule has 0 saturated carbocycles. The summed E-state index contributed by atoms with van der Waals surface area (Å²) in [7, 11) is 0. The lowest BCUT2D eigenvalue weighted by Crippen LogP contribution is -2.30. The van der Waals surface area contributed by atoms with E-state index in [1.54, 1.807) is 13.0 Å². The van der Waals surface area contributed by atoms with E-state index in [1.807, 2.05) is 6.92 Å². The molecule has 0 atom stereocenters. The number of nitrogens with one attached hydrogen (secondary N) is 1. The predicted octanol–water partition coefficient (Wildman–Crippen LogP) is 1.77. The van der Waals surface area contributed by atoms with E-state index in [1.165, 1.54) is 0 Å². The summed E-state index contributed by atoms with van der Waals surface area (Å²) in [5.41, 5.74) is 7.30. The molecule has 74 valence electrons. The van der Waals surface area contributed by atoms with Gasteiger partial charge in [-0.1, -0.05) is 0 Å². The third-order valence-corrected chi connectivity index (χ3v) is 2.00. The van der Waals surface area contributed by atoms with Gasteiger partial charge in [0.25, 0.3) is 5.92 Å². The van der Waals surface area contributed by atoms with Gasteiger partial charge in [0, 0.05) is 17.8 Å². The molecule has 0 unspecified atom stereocenters. The lowest BCUT2D eigenvalue weighted by molar-refractivity contribution is 0.0114. The fourth-order valence-electron chi connectivity index (χ4n) is 1.32. The first-order valence-corrected chi connectivity index (χ1v) is 4.17. The number of aromatic amines is 1. The van der Waals surface area contributed by atoms with Crippen molar-refractivity contribution in [1.29, 1.82) is 0 Å². The van der Waals surface area contributed by atoms with Crippen molar-refractivity contribution in [2.75, 3.05) is 6.54 Å². The monoisotopic (exact) mass is 188 g/mol. The molecular weight excluding hydrogens is 174 g/mol. The summed E-state index contributed by atoms with van der Waals surface area (Å²) in [6, 6.07) is 1.74. The van der Waals surface area contributed by atoms with E-state index in [9.17, 15) is 8.78 Å². The highest BCUT2D eigenvalue weighted by Crippen LogP contribution is 2.21. The number of rotatable bonds is 3. The van der Waals surface area contributed by atoms with Crippen LogP contribution in [0.15, 0.2) is 6.07 Å². The Morgan fingerprint density at radius 1 is 1.46 bits per heavy atom. The molecule has 2 nitrogen and oxygen atoms in total. The molecule has 1 aromatic heterocycles. The zero-order valence-corrected chi connectivity index (χ0v) is 7.82. The molecule has 0 saturated heterocycles. The molecule has 1 rings (SSSR count). The lowest BCUT2D eigenvalue weighted by atomic mass is 10.1. The Labute approximate surface area is 76.1 Å². The smallest absolute Gasteiger partial charge is 0.264 e. The molecule has 0 aliphatic carbocycles. The summed E-state index contributed by atoms with van der Waals surface area (Å²) < 4.78 is 25.8. The number of alkyl halides is 2. The second kappa shape index (κ2) is 3.46. The molecule has 1 heterocycles. The summed E-state index contributed by atoms with van der Waals surface area (Å²) in [4.78, 5) is 2.98. The molecule has 3 N–H and O–H groups in total. The Kier molecular flexibility index (Phi) is 2.71. The van der Waals surface area contributed by atoms with Crippen molar-refractivity contribution < 1.29 is 8.78 Å². The van der Waals surface area contributed by atoms with Gasteiger partial charge in [-0.05, 0) is 25.5 Å². The first kappa shape index (κ1) is 10.2. The predicted molar refractivity (Wildman–Crippen MR) is 48.0 cm³/mol. The molecule has 0 spiro atoms. The number of aryl methyl sites for hydroxylation is 2. The van der Waals surface area contributed by atoms with Gasteiger partial charge in [-0.15, -0.1) is 0 Å². The normalized spacial score (nSPS) is 12.1. The van der Waals surface area contributed by atoms with Gasteiger partial charge < -0.3 is 10.7 Å². The highest BCUT2D eigenvalue weighted by molar-refractivity contribution is 5.25. The van der Waals surface area contributed by atoms with E-state index in [2.05, 4.69) is 4.98 Å². The van der Waals surface area contributed by atoms with Crippen LogP contribution in [0.2, 0.25) is 0 Å². The van der Waals surface area contributed by atoms with Crippen LogP contribution >= 0.6 is 0 Å². The molecule has 0 radical (unpaired) electrons. The van der Waals surface area contributed by atoms with Crippen LogP contribution in [0.25, 0.3) is 0 Å². The number of hydrogen-bond donors (Lipinski definition) is 2. The fraction of sp³-hybridized carbons (Fsp3) is 0.556. The second-order valence-electron chi connectivity index (χ2n) is 3.34. The van der Waals surface area contributed by atoms with Crippen molar-refractivity contribution in [3.63, 3.8) is 0 Å². The van der Waals surface area contributed by atoms with Crippen LogP contribution in [-0.4, -0.2) is 17.5 Å². The molecule has 0 aliphatic rings. The molecule has 1 aromatic rings. The van der Waals surface area contributed by atoms with Gasteiger partial charge in [-0.25, -0.2) is 8.78 Å². The van der Waals surface area contributed by atoms with E-state index in [0.717, 1.165) is 11.4 Å². The Morgan fingerprint density at radius 2 is 2.08 bits per heavy atom. The average molecular weight is 188 g/mol. The summed E-state index contributed by atoms with van der Waals surface area (Å²) in [6.45, 7) is 3.03.